The van der Waals surface area contributed by atoms with Gasteiger partial charge >= 0.3 is 12.1 Å². The number of hydrogen-bond acceptors (Lipinski definition) is 2. The third-order valence-electron chi connectivity index (χ3n) is 5.04. The van der Waals surface area contributed by atoms with Crippen LogP contribution >= 0.6 is 34.8 Å². The third kappa shape index (κ3) is 5.00. The molecule has 2 unspecified atom stereocenters. The van der Waals surface area contributed by atoms with Crippen molar-refractivity contribution in [3.63, 3.8) is 0 Å². The second-order valence-electron chi connectivity index (χ2n) is 6.99. The highest BCUT2D eigenvalue weighted by atomic mass is 35.5. The largest absolute Gasteiger partial charge is 0.481 e. The second kappa shape index (κ2) is 8.72. The number of aliphatic carboxylic acids is 1. The average Bonchev–Trinajstić information content (AvgIpc) is 2.65. The van der Waals surface area contributed by atoms with Gasteiger partial charge < -0.3 is 5.11 Å². The predicted molar refractivity (Wildman–Crippen MR) is 107 cm³/mol. The fourth-order valence-electron chi connectivity index (χ4n) is 3.67. The van der Waals surface area contributed by atoms with E-state index in [-0.39, 0.29) is 11.6 Å². The van der Waals surface area contributed by atoms with Gasteiger partial charge in [-0.25, -0.2) is 0 Å². The zero-order chi connectivity index (χ0) is 21.3. The highest BCUT2D eigenvalue weighted by molar-refractivity contribution is 6.42. The number of carbonyl (C=O) groups is 1. The molecule has 0 aromatic heterocycles. The van der Waals surface area contributed by atoms with Crippen molar-refractivity contribution in [2.75, 3.05) is 13.1 Å². The summed E-state index contributed by atoms with van der Waals surface area (Å²) in [5.41, 5.74) is 0.0422. The van der Waals surface area contributed by atoms with E-state index in [1.807, 2.05) is 4.90 Å². The van der Waals surface area contributed by atoms with E-state index in [4.69, 9.17) is 34.8 Å². The van der Waals surface area contributed by atoms with Crippen molar-refractivity contribution >= 4 is 40.8 Å². The van der Waals surface area contributed by atoms with Crippen LogP contribution in [-0.2, 0) is 11.0 Å². The van der Waals surface area contributed by atoms with Gasteiger partial charge in [-0.3, -0.25) is 9.69 Å². The van der Waals surface area contributed by atoms with Gasteiger partial charge in [0.1, 0.15) is 0 Å². The molecule has 0 spiro atoms. The predicted octanol–water partition coefficient (Wildman–Crippen LogP) is 6.55. The van der Waals surface area contributed by atoms with Crippen molar-refractivity contribution in [1.29, 1.82) is 0 Å². The highest BCUT2D eigenvalue weighted by Crippen LogP contribution is 2.40. The minimum absolute atomic E-state index is 0.213. The third-order valence-corrected chi connectivity index (χ3v) is 6.11. The molecule has 1 aliphatic heterocycles. The van der Waals surface area contributed by atoms with Crippen molar-refractivity contribution < 1.29 is 23.1 Å². The Kier molecular flexibility index (Phi) is 6.68. The smallest absolute Gasteiger partial charge is 0.417 e. The summed E-state index contributed by atoms with van der Waals surface area (Å²) in [6.07, 6.45) is -3.47. The van der Waals surface area contributed by atoms with E-state index in [0.29, 0.717) is 35.5 Å². The lowest BCUT2D eigenvalue weighted by Gasteiger charge is -2.38. The van der Waals surface area contributed by atoms with Crippen molar-refractivity contribution in [3.05, 3.63) is 68.2 Å². The summed E-state index contributed by atoms with van der Waals surface area (Å²) >= 11 is 17.9. The minimum atomic E-state index is -4.61. The molecule has 0 saturated carbocycles. The van der Waals surface area contributed by atoms with Gasteiger partial charge in [-0.1, -0.05) is 46.9 Å². The molecule has 2 aromatic rings. The first-order valence-electron chi connectivity index (χ1n) is 8.86. The number of carboxylic acid groups (broad SMARTS) is 1. The van der Waals surface area contributed by atoms with Gasteiger partial charge in [-0.15, -0.1) is 0 Å². The van der Waals surface area contributed by atoms with Gasteiger partial charge in [-0.2, -0.15) is 13.2 Å². The van der Waals surface area contributed by atoms with E-state index in [0.717, 1.165) is 6.07 Å². The Morgan fingerprint density at radius 1 is 1.03 bits per heavy atom. The Labute approximate surface area is 181 Å². The molecule has 0 amide bonds. The van der Waals surface area contributed by atoms with Crippen LogP contribution in [0.5, 0.6) is 0 Å². The lowest BCUT2D eigenvalue weighted by molar-refractivity contribution is -0.143. The molecule has 1 fully saturated rings. The normalized spacial score (nSPS) is 19.2. The van der Waals surface area contributed by atoms with Crippen molar-refractivity contribution in [2.45, 2.75) is 25.1 Å². The SMILES string of the molecule is O=C(O)C1CCCN(C(c2ccc(Cl)c(Cl)c2)c2ccc(Cl)c(C(F)(F)F)c2)C1. The number of benzene rings is 2. The maximum absolute atomic E-state index is 13.4. The molecule has 29 heavy (non-hydrogen) atoms. The fourth-order valence-corrected chi connectivity index (χ4v) is 4.20. The maximum atomic E-state index is 13.4. The van der Waals surface area contributed by atoms with Crippen LogP contribution in [0.4, 0.5) is 13.2 Å². The Balaban J connectivity index is 2.10. The van der Waals surface area contributed by atoms with E-state index in [1.165, 1.54) is 12.1 Å². The number of hydrogen-bond donors (Lipinski definition) is 1. The quantitative estimate of drug-likeness (QED) is 0.555. The minimum Gasteiger partial charge on any atom is -0.481 e. The summed E-state index contributed by atoms with van der Waals surface area (Å²) < 4.78 is 40.2. The van der Waals surface area contributed by atoms with Crippen LogP contribution < -0.4 is 0 Å². The number of halogens is 6. The van der Waals surface area contributed by atoms with Crippen molar-refractivity contribution in [1.82, 2.24) is 4.90 Å². The van der Waals surface area contributed by atoms with Gasteiger partial charge in [0.25, 0.3) is 0 Å². The van der Waals surface area contributed by atoms with E-state index < -0.39 is 34.7 Å². The fraction of sp³-hybridized carbons (Fsp3) is 0.350. The summed E-state index contributed by atoms with van der Waals surface area (Å²) in [6, 6.07) is 7.99. The van der Waals surface area contributed by atoms with E-state index in [1.54, 1.807) is 18.2 Å². The Bertz CT molecular complexity index is 920. The number of carboxylic acids is 1. The Morgan fingerprint density at radius 3 is 2.24 bits per heavy atom. The molecule has 1 aliphatic rings. The summed E-state index contributed by atoms with van der Waals surface area (Å²) in [5, 5.41) is 9.61. The summed E-state index contributed by atoms with van der Waals surface area (Å²) in [6.45, 7) is 0.753. The molecule has 0 bridgehead atoms. The molecule has 9 heteroatoms. The van der Waals surface area contributed by atoms with Gasteiger partial charge in [0, 0.05) is 6.54 Å². The van der Waals surface area contributed by atoms with E-state index in [9.17, 15) is 23.1 Å². The highest BCUT2D eigenvalue weighted by Gasteiger charge is 2.36. The summed E-state index contributed by atoms with van der Waals surface area (Å²) in [7, 11) is 0. The molecule has 0 aliphatic carbocycles. The molecule has 3 rings (SSSR count). The Hall–Kier alpha value is -1.47. The zero-order valence-electron chi connectivity index (χ0n) is 15.0. The molecule has 3 nitrogen and oxygen atoms in total. The molecular weight excluding hydrogens is 450 g/mol. The molecule has 2 aromatic carbocycles. The molecule has 1 heterocycles. The first-order valence-corrected chi connectivity index (χ1v) is 9.99. The lowest BCUT2D eigenvalue weighted by atomic mass is 9.90. The zero-order valence-corrected chi connectivity index (χ0v) is 17.3. The first kappa shape index (κ1) is 22.2. The average molecular weight is 467 g/mol. The van der Waals surface area contributed by atoms with Crippen LogP contribution in [0.3, 0.4) is 0 Å². The molecule has 156 valence electrons. The topological polar surface area (TPSA) is 40.5 Å². The molecule has 1 N–H and O–H groups in total. The van der Waals surface area contributed by atoms with Crippen LogP contribution in [0, 0.1) is 5.92 Å². The number of piperidine rings is 1. The van der Waals surface area contributed by atoms with Gasteiger partial charge in [0.2, 0.25) is 0 Å². The lowest BCUT2D eigenvalue weighted by Crippen LogP contribution is -2.41. The number of alkyl halides is 3. The first-order chi connectivity index (χ1) is 13.6. The summed E-state index contributed by atoms with van der Waals surface area (Å²) in [4.78, 5) is 13.4. The molecular formula is C20H17Cl3F3NO2. The molecule has 0 radical (unpaired) electrons. The summed E-state index contributed by atoms with van der Waals surface area (Å²) in [5.74, 6) is -1.52. The monoisotopic (exact) mass is 465 g/mol. The number of rotatable bonds is 4. The van der Waals surface area contributed by atoms with E-state index >= 15 is 0 Å². The van der Waals surface area contributed by atoms with Crippen LogP contribution in [0.1, 0.15) is 35.6 Å². The molecule has 1 saturated heterocycles. The van der Waals surface area contributed by atoms with Crippen LogP contribution in [0.2, 0.25) is 15.1 Å². The second-order valence-corrected chi connectivity index (χ2v) is 8.21. The molecule has 2 atom stereocenters. The number of nitrogens with zero attached hydrogens (tertiary/aromatic N) is 1. The van der Waals surface area contributed by atoms with Crippen molar-refractivity contribution in [2.24, 2.45) is 5.92 Å². The van der Waals surface area contributed by atoms with E-state index in [2.05, 4.69) is 0 Å². The van der Waals surface area contributed by atoms with Gasteiger partial charge in [0.15, 0.2) is 0 Å². The number of likely N-dealkylation sites (tertiary alicyclic amines) is 1. The van der Waals surface area contributed by atoms with Crippen LogP contribution in [0.15, 0.2) is 36.4 Å². The van der Waals surface area contributed by atoms with Gasteiger partial charge in [0.05, 0.1) is 32.6 Å². The Morgan fingerprint density at radius 2 is 1.66 bits per heavy atom. The van der Waals surface area contributed by atoms with Crippen LogP contribution in [0.25, 0.3) is 0 Å². The van der Waals surface area contributed by atoms with Crippen molar-refractivity contribution in [3.8, 4) is 0 Å². The standard InChI is InChI=1S/C20H17Cl3F3NO2/c21-15-5-3-11(8-14(15)20(24,25)26)18(12-4-6-16(22)17(23)9-12)27-7-1-2-13(10-27)19(28)29/h3-6,8-9,13,18H,1-2,7,10H2,(H,28,29). The van der Waals surface area contributed by atoms with Gasteiger partial charge in [-0.05, 0) is 54.8 Å². The maximum Gasteiger partial charge on any atom is 0.417 e. The van der Waals surface area contributed by atoms with Crippen LogP contribution in [-0.4, -0.2) is 29.1 Å².